The molecule has 130 valence electrons. The monoisotopic (exact) mass is 330 g/mol. The molecule has 2 amide bonds. The highest BCUT2D eigenvalue weighted by molar-refractivity contribution is 5.89. The molecule has 5 nitrogen and oxygen atoms in total. The van der Waals surface area contributed by atoms with Crippen molar-refractivity contribution in [3.63, 3.8) is 0 Å². The number of hydrogen-bond donors (Lipinski definition) is 3. The fourth-order valence-corrected chi connectivity index (χ4v) is 3.70. The van der Waals surface area contributed by atoms with E-state index in [0.29, 0.717) is 0 Å². The highest BCUT2D eigenvalue weighted by Crippen LogP contribution is 2.17. The molecule has 24 heavy (non-hydrogen) atoms. The summed E-state index contributed by atoms with van der Waals surface area (Å²) < 4.78 is 0. The molecular weight excluding hydrogens is 302 g/mol. The molecule has 1 aliphatic carbocycles. The van der Waals surface area contributed by atoms with Crippen molar-refractivity contribution in [2.24, 2.45) is 0 Å². The van der Waals surface area contributed by atoms with Crippen molar-refractivity contribution < 1.29 is 14.9 Å². The smallest absolute Gasteiger partial charge is 0.279 e. The molecule has 1 aromatic rings. The highest BCUT2D eigenvalue weighted by Gasteiger charge is 2.30. The van der Waals surface area contributed by atoms with Crippen molar-refractivity contribution in [1.82, 2.24) is 10.6 Å². The fraction of sp³-hybridized carbons (Fsp3) is 0.579. The van der Waals surface area contributed by atoms with Crippen LogP contribution in [0.1, 0.15) is 50.2 Å². The molecule has 1 saturated carbocycles. The van der Waals surface area contributed by atoms with E-state index in [1.807, 2.05) is 12.1 Å². The standard InChI is InChI=1S/C19H27N3O2/c1-13(18(23)22-16-9-3-2-4-10-16)21-19(24)17-11-14-7-5-6-8-15(14)12-20-17/h5-8,13,16-17,20H,2-4,9-12H2,1H3,(H,21,24)(H,22,23)/p+1/t13-,17+/m1/s1. The van der Waals surface area contributed by atoms with Crippen molar-refractivity contribution >= 4 is 11.8 Å². The number of quaternary nitrogens is 1. The van der Waals surface area contributed by atoms with Gasteiger partial charge in [-0.3, -0.25) is 9.59 Å². The summed E-state index contributed by atoms with van der Waals surface area (Å²) in [5.41, 5.74) is 2.53. The number of amides is 2. The Morgan fingerprint density at radius 3 is 2.58 bits per heavy atom. The van der Waals surface area contributed by atoms with Crippen LogP contribution in [0.15, 0.2) is 24.3 Å². The number of nitrogens with two attached hydrogens (primary N) is 1. The molecule has 1 aliphatic heterocycles. The van der Waals surface area contributed by atoms with Gasteiger partial charge in [0.25, 0.3) is 5.91 Å². The largest absolute Gasteiger partial charge is 0.352 e. The number of fused-ring (bicyclic) bond motifs is 1. The number of benzene rings is 1. The molecule has 0 spiro atoms. The van der Waals surface area contributed by atoms with E-state index in [2.05, 4.69) is 28.1 Å². The minimum atomic E-state index is -0.481. The lowest BCUT2D eigenvalue weighted by Crippen LogP contribution is -2.93. The second-order valence-electron chi connectivity index (χ2n) is 7.09. The third-order valence-corrected chi connectivity index (χ3v) is 5.22. The molecule has 2 aliphatic rings. The summed E-state index contributed by atoms with van der Waals surface area (Å²) in [5.74, 6) is -0.109. The Morgan fingerprint density at radius 2 is 1.83 bits per heavy atom. The van der Waals surface area contributed by atoms with Crippen LogP contribution in [-0.4, -0.2) is 29.9 Å². The summed E-state index contributed by atoms with van der Waals surface area (Å²) in [7, 11) is 0. The zero-order valence-electron chi connectivity index (χ0n) is 14.4. The predicted octanol–water partition coefficient (Wildman–Crippen LogP) is 0.628. The van der Waals surface area contributed by atoms with E-state index in [1.54, 1.807) is 6.92 Å². The van der Waals surface area contributed by atoms with E-state index >= 15 is 0 Å². The molecule has 0 bridgehead atoms. The molecule has 0 aromatic heterocycles. The van der Waals surface area contributed by atoms with Crippen LogP contribution in [0.3, 0.4) is 0 Å². The molecule has 1 aromatic carbocycles. The number of hydrogen-bond acceptors (Lipinski definition) is 2. The molecule has 5 heteroatoms. The molecule has 4 N–H and O–H groups in total. The Labute approximate surface area is 143 Å². The lowest BCUT2D eigenvalue weighted by Gasteiger charge is -2.26. The minimum Gasteiger partial charge on any atom is -0.352 e. The van der Waals surface area contributed by atoms with Gasteiger partial charge in [0, 0.05) is 18.0 Å². The summed E-state index contributed by atoms with van der Waals surface area (Å²) in [4.78, 5) is 24.8. The Balaban J connectivity index is 1.50. The summed E-state index contributed by atoms with van der Waals surface area (Å²) in [6.45, 7) is 2.59. The zero-order chi connectivity index (χ0) is 16.9. The van der Waals surface area contributed by atoms with Crippen molar-refractivity contribution in [3.8, 4) is 0 Å². The Hall–Kier alpha value is -1.88. The fourth-order valence-electron chi connectivity index (χ4n) is 3.70. The first kappa shape index (κ1) is 17.0. The molecular formula is C19H28N3O2+. The van der Waals surface area contributed by atoms with Crippen LogP contribution in [-0.2, 0) is 22.6 Å². The lowest BCUT2D eigenvalue weighted by atomic mass is 9.95. The van der Waals surface area contributed by atoms with Crippen LogP contribution in [0.25, 0.3) is 0 Å². The SMILES string of the molecule is C[C@@H](NC(=O)[C@@H]1Cc2ccccc2C[NH2+]1)C(=O)NC1CCCCC1. The van der Waals surface area contributed by atoms with Gasteiger partial charge in [-0.15, -0.1) is 0 Å². The topological polar surface area (TPSA) is 74.8 Å². The molecule has 2 atom stereocenters. The summed E-state index contributed by atoms with van der Waals surface area (Å²) in [6, 6.07) is 7.89. The van der Waals surface area contributed by atoms with Gasteiger partial charge in [-0.2, -0.15) is 0 Å². The van der Waals surface area contributed by atoms with E-state index < -0.39 is 6.04 Å². The van der Waals surface area contributed by atoms with Crippen LogP contribution in [0.5, 0.6) is 0 Å². The average Bonchev–Trinajstić information content (AvgIpc) is 2.62. The van der Waals surface area contributed by atoms with Crippen LogP contribution in [0.4, 0.5) is 0 Å². The normalized spacial score (nSPS) is 22.3. The van der Waals surface area contributed by atoms with Crippen molar-refractivity contribution in [2.75, 3.05) is 0 Å². The van der Waals surface area contributed by atoms with Gasteiger partial charge in [-0.1, -0.05) is 43.5 Å². The molecule has 1 heterocycles. The van der Waals surface area contributed by atoms with Gasteiger partial charge in [-0.25, -0.2) is 0 Å². The van der Waals surface area contributed by atoms with E-state index in [4.69, 9.17) is 0 Å². The van der Waals surface area contributed by atoms with Crippen molar-refractivity contribution in [1.29, 1.82) is 0 Å². The number of carbonyl (C=O) groups is 2. The van der Waals surface area contributed by atoms with E-state index in [0.717, 1.165) is 25.8 Å². The Kier molecular flexibility index (Phi) is 5.51. The summed E-state index contributed by atoms with van der Waals surface area (Å²) >= 11 is 0. The second-order valence-corrected chi connectivity index (χ2v) is 7.09. The quantitative estimate of drug-likeness (QED) is 0.757. The van der Waals surface area contributed by atoms with Gasteiger partial charge < -0.3 is 16.0 Å². The molecule has 0 unspecified atom stereocenters. The van der Waals surface area contributed by atoms with Gasteiger partial charge >= 0.3 is 0 Å². The van der Waals surface area contributed by atoms with Gasteiger partial charge in [-0.05, 0) is 25.3 Å². The third-order valence-electron chi connectivity index (χ3n) is 5.22. The molecule has 0 radical (unpaired) electrons. The van der Waals surface area contributed by atoms with Crippen LogP contribution in [0, 0.1) is 0 Å². The lowest BCUT2D eigenvalue weighted by molar-refractivity contribution is -0.695. The van der Waals surface area contributed by atoms with Gasteiger partial charge in [0.1, 0.15) is 12.6 Å². The van der Waals surface area contributed by atoms with Crippen LogP contribution < -0.4 is 16.0 Å². The third kappa shape index (κ3) is 4.15. The first-order chi connectivity index (χ1) is 11.6. The van der Waals surface area contributed by atoms with Crippen molar-refractivity contribution in [2.45, 2.75) is 70.1 Å². The molecule has 3 rings (SSSR count). The maximum absolute atomic E-state index is 12.5. The molecule has 1 fully saturated rings. The van der Waals surface area contributed by atoms with Gasteiger partial charge in [0.2, 0.25) is 5.91 Å². The minimum absolute atomic E-state index is 0.0456. The van der Waals surface area contributed by atoms with Gasteiger partial charge in [0.15, 0.2) is 6.04 Å². The number of nitrogens with one attached hydrogen (secondary N) is 2. The van der Waals surface area contributed by atoms with Crippen LogP contribution in [0.2, 0.25) is 0 Å². The highest BCUT2D eigenvalue weighted by atomic mass is 16.2. The number of rotatable bonds is 4. The number of carbonyl (C=O) groups excluding carboxylic acids is 2. The van der Waals surface area contributed by atoms with E-state index in [-0.39, 0.29) is 23.9 Å². The zero-order valence-corrected chi connectivity index (χ0v) is 14.4. The molecule has 0 saturated heterocycles. The summed E-state index contributed by atoms with van der Waals surface area (Å²) in [6.07, 6.45) is 6.46. The first-order valence-corrected chi connectivity index (χ1v) is 9.14. The van der Waals surface area contributed by atoms with Crippen molar-refractivity contribution in [3.05, 3.63) is 35.4 Å². The maximum Gasteiger partial charge on any atom is 0.279 e. The maximum atomic E-state index is 12.5. The Bertz CT molecular complexity index is 596. The van der Waals surface area contributed by atoms with Crippen LogP contribution >= 0.6 is 0 Å². The van der Waals surface area contributed by atoms with E-state index in [9.17, 15) is 9.59 Å². The van der Waals surface area contributed by atoms with Gasteiger partial charge in [0.05, 0.1) is 0 Å². The Morgan fingerprint density at radius 1 is 1.12 bits per heavy atom. The summed E-state index contributed by atoms with van der Waals surface area (Å²) in [5, 5.41) is 8.03. The second kappa shape index (κ2) is 7.79. The average molecular weight is 330 g/mol. The first-order valence-electron chi connectivity index (χ1n) is 9.14. The van der Waals surface area contributed by atoms with E-state index in [1.165, 1.54) is 30.4 Å². The predicted molar refractivity (Wildman–Crippen MR) is 92.2 cm³/mol.